The maximum atomic E-state index is 10.0. The Balaban J connectivity index is 2.22. The molecule has 0 saturated heterocycles. The minimum Gasteiger partial charge on any atom is -0.507 e. The molecule has 0 radical (unpaired) electrons. The van der Waals surface area contributed by atoms with E-state index in [4.69, 9.17) is 0 Å². The van der Waals surface area contributed by atoms with Crippen LogP contribution in [0.15, 0.2) is 52.2 Å². The average molecular weight is 255 g/mol. The van der Waals surface area contributed by atoms with E-state index >= 15 is 0 Å². The lowest BCUT2D eigenvalue weighted by atomic mass is 9.99. The lowest BCUT2D eigenvalue weighted by Gasteiger charge is -2.12. The predicted octanol–water partition coefficient (Wildman–Crippen LogP) is 4.89. The highest BCUT2D eigenvalue weighted by molar-refractivity contribution is 5.86. The summed E-state index contributed by atoms with van der Waals surface area (Å²) in [6, 6.07) is 8.19. The molecule has 0 spiro atoms. The first-order chi connectivity index (χ1) is 9.22. The monoisotopic (exact) mass is 255 g/mol. The van der Waals surface area contributed by atoms with E-state index in [0.717, 1.165) is 42.5 Å². The molecule has 0 fully saturated rings. The number of aliphatic imine (C=N–C) groups is 1. The maximum absolute atomic E-state index is 10.0. The van der Waals surface area contributed by atoms with E-state index in [0.29, 0.717) is 5.76 Å². The Morgan fingerprint density at radius 3 is 2.89 bits per heavy atom. The zero-order chi connectivity index (χ0) is 13.7. The number of hydrogen-bond acceptors (Lipinski definition) is 2. The van der Waals surface area contributed by atoms with Crippen LogP contribution < -0.4 is 0 Å². The molecule has 0 saturated carbocycles. The largest absolute Gasteiger partial charge is 0.507 e. The van der Waals surface area contributed by atoms with Crippen molar-refractivity contribution in [3.8, 4) is 0 Å². The van der Waals surface area contributed by atoms with Gasteiger partial charge in [0.25, 0.3) is 0 Å². The van der Waals surface area contributed by atoms with Crippen molar-refractivity contribution in [1.82, 2.24) is 0 Å². The second kappa shape index (κ2) is 6.37. The summed E-state index contributed by atoms with van der Waals surface area (Å²) in [5.74, 6) is 0.392. The zero-order valence-corrected chi connectivity index (χ0v) is 11.7. The molecular formula is C17H21NO. The van der Waals surface area contributed by atoms with Gasteiger partial charge in [0, 0.05) is 11.8 Å². The van der Waals surface area contributed by atoms with Crippen LogP contribution in [0.1, 0.15) is 38.7 Å². The van der Waals surface area contributed by atoms with Crippen LogP contribution in [-0.2, 0) is 6.42 Å². The summed E-state index contributed by atoms with van der Waals surface area (Å²) in [4.78, 5) is 4.55. The number of aliphatic hydroxyl groups is 1. The average Bonchev–Trinajstić information content (AvgIpc) is 2.42. The molecule has 0 aliphatic heterocycles. The molecule has 19 heavy (non-hydrogen) atoms. The second-order valence-electron chi connectivity index (χ2n) is 4.96. The van der Waals surface area contributed by atoms with Gasteiger partial charge in [0.2, 0.25) is 0 Å². The van der Waals surface area contributed by atoms with Crippen molar-refractivity contribution in [2.45, 2.75) is 39.5 Å². The fraction of sp³-hybridized carbons (Fsp3) is 0.353. The molecule has 1 N–H and O–H groups in total. The number of aliphatic hydroxyl groups excluding tert-OH is 1. The molecule has 1 aliphatic rings. The minimum atomic E-state index is 0.392. The Morgan fingerprint density at radius 2 is 2.11 bits per heavy atom. The molecule has 1 aromatic carbocycles. The molecule has 0 atom stereocenters. The Kier molecular flexibility index (Phi) is 4.56. The molecule has 0 amide bonds. The molecule has 0 bridgehead atoms. The van der Waals surface area contributed by atoms with E-state index in [1.165, 1.54) is 5.56 Å². The van der Waals surface area contributed by atoms with E-state index in [1.807, 2.05) is 31.2 Å². The third kappa shape index (κ3) is 3.34. The topological polar surface area (TPSA) is 32.6 Å². The number of allylic oxidation sites excluding steroid dienone is 3. The Morgan fingerprint density at radius 1 is 1.32 bits per heavy atom. The van der Waals surface area contributed by atoms with Crippen LogP contribution in [0.2, 0.25) is 0 Å². The smallest absolute Gasteiger partial charge is 0.122 e. The first-order valence-electron chi connectivity index (χ1n) is 6.93. The molecule has 2 heteroatoms. The highest BCUT2D eigenvalue weighted by Gasteiger charge is 2.10. The summed E-state index contributed by atoms with van der Waals surface area (Å²) < 4.78 is 0. The van der Waals surface area contributed by atoms with Crippen LogP contribution in [0.3, 0.4) is 0 Å². The molecular weight excluding hydrogens is 234 g/mol. The highest BCUT2D eigenvalue weighted by Crippen LogP contribution is 2.24. The molecule has 0 aromatic heterocycles. The first-order valence-corrected chi connectivity index (χ1v) is 6.93. The third-order valence-electron chi connectivity index (χ3n) is 3.41. The normalized spacial score (nSPS) is 16.0. The lowest BCUT2D eigenvalue weighted by molar-refractivity contribution is 0.415. The molecule has 2 nitrogen and oxygen atoms in total. The van der Waals surface area contributed by atoms with Gasteiger partial charge in [-0.05, 0) is 43.4 Å². The fourth-order valence-corrected chi connectivity index (χ4v) is 2.28. The van der Waals surface area contributed by atoms with Gasteiger partial charge in [-0.1, -0.05) is 37.6 Å². The first kappa shape index (κ1) is 13.6. The number of aryl methyl sites for hydroxylation is 1. The number of para-hydroxylation sites is 1. The van der Waals surface area contributed by atoms with Crippen molar-refractivity contribution >= 4 is 11.9 Å². The molecule has 1 aliphatic carbocycles. The third-order valence-corrected chi connectivity index (χ3v) is 3.41. The summed E-state index contributed by atoms with van der Waals surface area (Å²) in [7, 11) is 0. The van der Waals surface area contributed by atoms with Crippen LogP contribution in [-0.4, -0.2) is 11.3 Å². The van der Waals surface area contributed by atoms with Gasteiger partial charge >= 0.3 is 0 Å². The van der Waals surface area contributed by atoms with Crippen LogP contribution in [0.5, 0.6) is 0 Å². The van der Waals surface area contributed by atoms with Crippen molar-refractivity contribution in [1.29, 1.82) is 0 Å². The maximum Gasteiger partial charge on any atom is 0.122 e. The molecule has 2 rings (SSSR count). The number of hydrogen-bond donors (Lipinski definition) is 1. The van der Waals surface area contributed by atoms with E-state index < -0.39 is 0 Å². The second-order valence-corrected chi connectivity index (χ2v) is 4.96. The van der Waals surface area contributed by atoms with E-state index in [1.54, 1.807) is 6.21 Å². The van der Waals surface area contributed by atoms with Gasteiger partial charge in [-0.2, -0.15) is 0 Å². The summed E-state index contributed by atoms with van der Waals surface area (Å²) in [6.45, 7) is 4.14. The van der Waals surface area contributed by atoms with Gasteiger partial charge < -0.3 is 5.11 Å². The van der Waals surface area contributed by atoms with Crippen LogP contribution in [0.4, 0.5) is 5.69 Å². The minimum absolute atomic E-state index is 0.392. The number of benzene rings is 1. The van der Waals surface area contributed by atoms with Crippen molar-refractivity contribution in [3.63, 3.8) is 0 Å². The molecule has 0 heterocycles. The van der Waals surface area contributed by atoms with Gasteiger partial charge in [0.15, 0.2) is 0 Å². The van der Waals surface area contributed by atoms with E-state index in [2.05, 4.69) is 18.0 Å². The SMILES string of the molecule is CCCc1ccccc1N=CC1=CCCC(C)=C1O. The van der Waals surface area contributed by atoms with E-state index in [9.17, 15) is 5.11 Å². The van der Waals surface area contributed by atoms with Crippen molar-refractivity contribution < 1.29 is 5.11 Å². The van der Waals surface area contributed by atoms with Gasteiger partial charge in [-0.15, -0.1) is 0 Å². The summed E-state index contributed by atoms with van der Waals surface area (Å²) in [5.41, 5.74) is 4.15. The van der Waals surface area contributed by atoms with E-state index in [-0.39, 0.29) is 0 Å². The van der Waals surface area contributed by atoms with Crippen molar-refractivity contribution in [2.24, 2.45) is 4.99 Å². The Bertz CT molecular complexity index is 538. The van der Waals surface area contributed by atoms with Crippen molar-refractivity contribution in [3.05, 3.63) is 52.8 Å². The number of rotatable bonds is 4. The summed E-state index contributed by atoms with van der Waals surface area (Å²) in [6.07, 6.45) is 7.90. The molecule has 0 unspecified atom stereocenters. The van der Waals surface area contributed by atoms with Gasteiger partial charge in [-0.3, -0.25) is 4.99 Å². The summed E-state index contributed by atoms with van der Waals surface area (Å²) in [5, 5.41) is 10.0. The van der Waals surface area contributed by atoms with Gasteiger partial charge in [0.1, 0.15) is 5.76 Å². The molecule has 1 aromatic rings. The Hall–Kier alpha value is -1.83. The molecule has 100 valence electrons. The van der Waals surface area contributed by atoms with Gasteiger partial charge in [0.05, 0.1) is 5.69 Å². The highest BCUT2D eigenvalue weighted by atomic mass is 16.3. The quantitative estimate of drug-likeness (QED) is 0.763. The van der Waals surface area contributed by atoms with Gasteiger partial charge in [-0.25, -0.2) is 0 Å². The zero-order valence-electron chi connectivity index (χ0n) is 11.7. The van der Waals surface area contributed by atoms with Crippen LogP contribution >= 0.6 is 0 Å². The standard InChI is InChI=1S/C17H21NO/c1-3-7-14-9-4-5-11-16(14)18-12-15-10-6-8-13(2)17(15)19/h4-5,9-12,19H,3,6-8H2,1-2H3. The van der Waals surface area contributed by atoms with Crippen LogP contribution in [0.25, 0.3) is 0 Å². The Labute approximate surface area is 115 Å². The fourth-order valence-electron chi connectivity index (χ4n) is 2.28. The lowest BCUT2D eigenvalue weighted by Crippen LogP contribution is -2.00. The van der Waals surface area contributed by atoms with Crippen LogP contribution in [0, 0.1) is 0 Å². The number of nitrogens with zero attached hydrogens (tertiary/aromatic N) is 1. The van der Waals surface area contributed by atoms with Crippen molar-refractivity contribution in [2.75, 3.05) is 0 Å². The predicted molar refractivity (Wildman–Crippen MR) is 81.2 cm³/mol. The summed E-state index contributed by atoms with van der Waals surface area (Å²) >= 11 is 0.